The van der Waals surface area contributed by atoms with Gasteiger partial charge in [0.25, 0.3) is 5.91 Å². The topological polar surface area (TPSA) is 85.6 Å². The van der Waals surface area contributed by atoms with Crippen LogP contribution in [-0.4, -0.2) is 33.2 Å². The third kappa shape index (κ3) is 2.59. The summed E-state index contributed by atoms with van der Waals surface area (Å²) in [6.45, 7) is 1.79. The van der Waals surface area contributed by atoms with E-state index in [1.54, 1.807) is 26.2 Å². The highest BCUT2D eigenvalue weighted by Gasteiger charge is 2.26. The van der Waals surface area contributed by atoms with Crippen LogP contribution in [0.15, 0.2) is 34.1 Å². The van der Waals surface area contributed by atoms with E-state index in [0.29, 0.717) is 16.9 Å². The van der Waals surface area contributed by atoms with Crippen molar-refractivity contribution in [2.45, 2.75) is 13.0 Å². The molecule has 1 aromatic carbocycles. The van der Waals surface area contributed by atoms with Crippen molar-refractivity contribution in [3.63, 3.8) is 0 Å². The zero-order valence-corrected chi connectivity index (χ0v) is 12.9. The number of aryl methyl sites for hydroxylation is 1. The van der Waals surface area contributed by atoms with Gasteiger partial charge in [0.2, 0.25) is 0 Å². The van der Waals surface area contributed by atoms with Crippen molar-refractivity contribution in [2.75, 3.05) is 12.9 Å². The van der Waals surface area contributed by atoms with Gasteiger partial charge in [0.15, 0.2) is 15.6 Å². The predicted molar refractivity (Wildman–Crippen MR) is 81.7 cm³/mol. The Kier molecular flexibility index (Phi) is 3.44. The number of methoxy groups -OCH3 is 1. The molecule has 1 amide bonds. The molecular weight excluding hydrogens is 306 g/mol. The number of amides is 1. The average molecular weight is 321 g/mol. The summed E-state index contributed by atoms with van der Waals surface area (Å²) in [6, 6.07) is 4.79. The van der Waals surface area contributed by atoms with Gasteiger partial charge in [-0.15, -0.1) is 0 Å². The van der Waals surface area contributed by atoms with Crippen molar-refractivity contribution in [1.29, 1.82) is 0 Å². The van der Waals surface area contributed by atoms with Gasteiger partial charge in [-0.25, -0.2) is 8.42 Å². The molecule has 0 spiro atoms. The van der Waals surface area contributed by atoms with E-state index in [2.05, 4.69) is 5.32 Å². The van der Waals surface area contributed by atoms with Gasteiger partial charge in [0, 0.05) is 22.4 Å². The largest absolute Gasteiger partial charge is 0.497 e. The molecule has 0 saturated carbocycles. The molecule has 22 heavy (non-hydrogen) atoms. The molecule has 3 rings (SSSR count). The van der Waals surface area contributed by atoms with Crippen molar-refractivity contribution in [2.24, 2.45) is 0 Å². The van der Waals surface area contributed by atoms with Gasteiger partial charge in [-0.05, 0) is 25.1 Å². The molecule has 1 atom stereocenters. The van der Waals surface area contributed by atoms with Crippen LogP contribution in [0.5, 0.6) is 5.75 Å². The number of carbonyl (C=O) groups is 1. The van der Waals surface area contributed by atoms with Crippen LogP contribution in [0.25, 0.3) is 11.0 Å². The summed E-state index contributed by atoms with van der Waals surface area (Å²) in [6.07, 6.45) is 1.47. The summed E-state index contributed by atoms with van der Waals surface area (Å²) in [4.78, 5) is 12.3. The fourth-order valence-corrected chi connectivity index (χ4v) is 3.68. The molecule has 2 aromatic rings. The summed E-state index contributed by atoms with van der Waals surface area (Å²) < 4.78 is 33.4. The molecule has 0 unspecified atom stereocenters. The monoisotopic (exact) mass is 321 g/mol. The Morgan fingerprint density at radius 3 is 2.82 bits per heavy atom. The Balaban J connectivity index is 1.88. The maximum absolute atomic E-state index is 12.3. The summed E-state index contributed by atoms with van der Waals surface area (Å²) in [5.74, 6) is 0.268. The number of furan rings is 1. The van der Waals surface area contributed by atoms with Crippen LogP contribution in [0.4, 0.5) is 0 Å². The highest BCUT2D eigenvalue weighted by atomic mass is 32.2. The number of rotatable bonds is 3. The van der Waals surface area contributed by atoms with Gasteiger partial charge in [-0.2, -0.15) is 0 Å². The predicted octanol–water partition coefficient (Wildman–Crippen LogP) is 1.79. The van der Waals surface area contributed by atoms with Crippen molar-refractivity contribution in [3.05, 3.63) is 41.0 Å². The maximum atomic E-state index is 12.3. The van der Waals surface area contributed by atoms with Gasteiger partial charge < -0.3 is 14.5 Å². The van der Waals surface area contributed by atoms with E-state index in [1.165, 1.54) is 6.08 Å². The fraction of sp³-hybridized carbons (Fsp3) is 0.267. The van der Waals surface area contributed by atoms with Gasteiger partial charge in [0.05, 0.1) is 18.9 Å². The number of benzene rings is 1. The maximum Gasteiger partial charge on any atom is 0.287 e. The Bertz CT molecular complexity index is 879. The second-order valence-electron chi connectivity index (χ2n) is 5.16. The smallest absolute Gasteiger partial charge is 0.287 e. The van der Waals surface area contributed by atoms with Crippen LogP contribution in [0.1, 0.15) is 16.1 Å². The normalized spacial score (nSPS) is 19.5. The minimum Gasteiger partial charge on any atom is -0.497 e. The van der Waals surface area contributed by atoms with Gasteiger partial charge in [-0.1, -0.05) is 0 Å². The molecule has 116 valence electrons. The molecule has 2 heterocycles. The minimum absolute atomic E-state index is 0.119. The van der Waals surface area contributed by atoms with E-state index in [-0.39, 0.29) is 11.5 Å². The number of hydrogen-bond donors (Lipinski definition) is 1. The summed E-state index contributed by atoms with van der Waals surface area (Å²) in [5, 5.41) is 4.59. The van der Waals surface area contributed by atoms with E-state index in [0.717, 1.165) is 10.8 Å². The van der Waals surface area contributed by atoms with E-state index >= 15 is 0 Å². The van der Waals surface area contributed by atoms with Crippen molar-refractivity contribution < 1.29 is 22.4 Å². The first kappa shape index (κ1) is 14.6. The lowest BCUT2D eigenvalue weighted by molar-refractivity contribution is 0.0921. The van der Waals surface area contributed by atoms with E-state index < -0.39 is 21.8 Å². The number of nitrogens with one attached hydrogen (secondary N) is 1. The quantitative estimate of drug-likeness (QED) is 0.931. The lowest BCUT2D eigenvalue weighted by atomic mass is 10.1. The molecule has 0 radical (unpaired) electrons. The Morgan fingerprint density at radius 2 is 2.18 bits per heavy atom. The molecule has 1 aliphatic heterocycles. The molecule has 1 aliphatic rings. The number of fused-ring (bicyclic) bond motifs is 1. The molecule has 7 heteroatoms. The molecule has 0 bridgehead atoms. The van der Waals surface area contributed by atoms with Crippen LogP contribution in [-0.2, 0) is 9.84 Å². The molecule has 6 nitrogen and oxygen atoms in total. The number of carbonyl (C=O) groups excluding carboxylic acids is 1. The zero-order chi connectivity index (χ0) is 15.9. The molecular formula is C15H15NO5S. The van der Waals surface area contributed by atoms with Gasteiger partial charge in [0.1, 0.15) is 11.3 Å². The second kappa shape index (κ2) is 5.17. The van der Waals surface area contributed by atoms with Crippen LogP contribution in [0.3, 0.4) is 0 Å². The molecule has 0 saturated heterocycles. The van der Waals surface area contributed by atoms with Crippen molar-refractivity contribution in [1.82, 2.24) is 5.32 Å². The number of hydrogen-bond acceptors (Lipinski definition) is 5. The first-order valence-corrected chi connectivity index (χ1v) is 8.40. The van der Waals surface area contributed by atoms with Crippen LogP contribution in [0.2, 0.25) is 0 Å². The second-order valence-corrected chi connectivity index (χ2v) is 7.09. The molecule has 0 aliphatic carbocycles. The van der Waals surface area contributed by atoms with Crippen LogP contribution >= 0.6 is 0 Å². The first-order chi connectivity index (χ1) is 10.4. The standard InChI is InChI=1S/C15H15NO5S/c1-9-12-4-3-11(20-2)7-13(12)21-14(9)15(17)16-10-5-6-22(18,19)8-10/h3-7,10H,8H2,1-2H3,(H,16,17)/t10-/m0/s1. The molecule has 0 fully saturated rings. The lowest BCUT2D eigenvalue weighted by Gasteiger charge is -2.08. The number of sulfone groups is 1. The van der Waals surface area contributed by atoms with E-state index in [1.807, 2.05) is 6.07 Å². The first-order valence-electron chi connectivity index (χ1n) is 6.68. The third-order valence-corrected chi connectivity index (χ3v) is 4.99. The van der Waals surface area contributed by atoms with E-state index in [9.17, 15) is 13.2 Å². The van der Waals surface area contributed by atoms with Gasteiger partial charge in [-0.3, -0.25) is 4.79 Å². The van der Waals surface area contributed by atoms with Crippen molar-refractivity contribution in [3.8, 4) is 5.75 Å². The van der Waals surface area contributed by atoms with Gasteiger partial charge >= 0.3 is 0 Å². The third-order valence-electron chi connectivity index (χ3n) is 3.60. The lowest BCUT2D eigenvalue weighted by Crippen LogP contribution is -2.35. The SMILES string of the molecule is COc1ccc2c(C)c(C(=O)N[C@H]3C=CS(=O)(=O)C3)oc2c1. The highest BCUT2D eigenvalue weighted by Crippen LogP contribution is 2.28. The summed E-state index contributed by atoms with van der Waals surface area (Å²) >= 11 is 0. The average Bonchev–Trinajstić information content (AvgIpc) is 2.98. The highest BCUT2D eigenvalue weighted by molar-refractivity contribution is 7.94. The van der Waals surface area contributed by atoms with E-state index in [4.69, 9.17) is 9.15 Å². The fourth-order valence-electron chi connectivity index (χ4n) is 2.45. The van der Waals surface area contributed by atoms with Crippen LogP contribution in [0, 0.1) is 6.92 Å². The van der Waals surface area contributed by atoms with Crippen molar-refractivity contribution >= 4 is 26.7 Å². The van der Waals surface area contributed by atoms with Crippen LogP contribution < -0.4 is 10.1 Å². The Labute approximate surface area is 127 Å². The molecule has 1 N–H and O–H groups in total. The Morgan fingerprint density at radius 1 is 1.41 bits per heavy atom. The number of ether oxygens (including phenoxy) is 1. The zero-order valence-electron chi connectivity index (χ0n) is 12.1. The molecule has 1 aromatic heterocycles. The summed E-state index contributed by atoms with van der Waals surface area (Å²) in [5.41, 5.74) is 1.26. The Hall–Kier alpha value is -2.28. The summed E-state index contributed by atoms with van der Waals surface area (Å²) in [7, 11) is -1.66. The minimum atomic E-state index is -3.21.